The zero-order chi connectivity index (χ0) is 10.2. The molecule has 0 radical (unpaired) electrons. The first-order valence-electron chi connectivity index (χ1n) is 5.04. The van der Waals surface area contributed by atoms with E-state index in [1.807, 2.05) is 25.5 Å². The van der Waals surface area contributed by atoms with Crippen LogP contribution in [0.2, 0.25) is 0 Å². The van der Waals surface area contributed by atoms with Crippen molar-refractivity contribution in [2.75, 3.05) is 7.05 Å². The van der Waals surface area contributed by atoms with E-state index < -0.39 is 0 Å². The largest absolute Gasteiger partial charge is 0.317 e. The molecular formula is C12H18N2. The van der Waals surface area contributed by atoms with Crippen molar-refractivity contribution in [3.63, 3.8) is 0 Å². The van der Waals surface area contributed by atoms with Crippen molar-refractivity contribution >= 4 is 0 Å². The number of nitrogens with one attached hydrogen (secondary N) is 1. The predicted molar refractivity (Wildman–Crippen MR) is 60.2 cm³/mol. The van der Waals surface area contributed by atoms with Crippen LogP contribution in [0.4, 0.5) is 0 Å². The molecule has 2 heteroatoms. The number of rotatable bonds is 6. The van der Waals surface area contributed by atoms with Gasteiger partial charge in [0, 0.05) is 18.4 Å². The topological polar surface area (TPSA) is 24.9 Å². The Hall–Kier alpha value is -1.15. The van der Waals surface area contributed by atoms with Crippen molar-refractivity contribution in [2.45, 2.75) is 25.3 Å². The fourth-order valence-electron chi connectivity index (χ4n) is 1.47. The Morgan fingerprint density at radius 2 is 2.21 bits per heavy atom. The summed E-state index contributed by atoms with van der Waals surface area (Å²) in [6.45, 7) is 3.75. The van der Waals surface area contributed by atoms with Crippen molar-refractivity contribution in [1.82, 2.24) is 10.3 Å². The molecule has 1 atom stereocenters. The molecule has 0 fully saturated rings. The van der Waals surface area contributed by atoms with Crippen LogP contribution < -0.4 is 5.32 Å². The average molecular weight is 190 g/mol. The van der Waals surface area contributed by atoms with E-state index in [9.17, 15) is 0 Å². The molecule has 0 aliphatic heterocycles. The summed E-state index contributed by atoms with van der Waals surface area (Å²) in [7, 11) is 2.00. The quantitative estimate of drug-likeness (QED) is 0.695. The highest BCUT2D eigenvalue weighted by Crippen LogP contribution is 2.06. The molecule has 0 saturated carbocycles. The second kappa shape index (κ2) is 6.33. The van der Waals surface area contributed by atoms with Gasteiger partial charge in [0.25, 0.3) is 0 Å². The van der Waals surface area contributed by atoms with Crippen LogP contribution in [0.5, 0.6) is 0 Å². The van der Waals surface area contributed by atoms with Gasteiger partial charge in [-0.15, -0.1) is 6.58 Å². The zero-order valence-corrected chi connectivity index (χ0v) is 8.74. The van der Waals surface area contributed by atoms with E-state index in [1.165, 1.54) is 5.56 Å². The van der Waals surface area contributed by atoms with E-state index in [2.05, 4.69) is 29.0 Å². The van der Waals surface area contributed by atoms with E-state index in [-0.39, 0.29) is 0 Å². The molecule has 1 N–H and O–H groups in total. The molecule has 0 aliphatic carbocycles. The lowest BCUT2D eigenvalue weighted by Gasteiger charge is -2.13. The first-order chi connectivity index (χ1) is 6.86. The van der Waals surface area contributed by atoms with Crippen LogP contribution in [0, 0.1) is 0 Å². The summed E-state index contributed by atoms with van der Waals surface area (Å²) < 4.78 is 0. The van der Waals surface area contributed by atoms with Gasteiger partial charge in [-0.1, -0.05) is 6.08 Å². The SMILES string of the molecule is C=CCC(CCc1ccncc1)NC. The van der Waals surface area contributed by atoms with Crippen molar-refractivity contribution in [3.8, 4) is 0 Å². The van der Waals surface area contributed by atoms with Gasteiger partial charge >= 0.3 is 0 Å². The highest BCUT2D eigenvalue weighted by atomic mass is 14.9. The van der Waals surface area contributed by atoms with Crippen LogP contribution in [0.3, 0.4) is 0 Å². The third-order valence-electron chi connectivity index (χ3n) is 2.39. The minimum absolute atomic E-state index is 0.542. The molecule has 0 amide bonds. The van der Waals surface area contributed by atoms with E-state index in [4.69, 9.17) is 0 Å². The highest BCUT2D eigenvalue weighted by Gasteiger charge is 2.03. The minimum atomic E-state index is 0.542. The standard InChI is InChI=1S/C12H18N2/c1-3-4-12(13-2)6-5-11-7-9-14-10-8-11/h3,7-10,12-13H,1,4-6H2,2H3. The first-order valence-corrected chi connectivity index (χ1v) is 5.04. The summed E-state index contributed by atoms with van der Waals surface area (Å²) in [6, 6.07) is 4.68. The Kier molecular flexibility index (Phi) is 4.94. The smallest absolute Gasteiger partial charge is 0.0270 e. The van der Waals surface area contributed by atoms with Gasteiger partial charge in [-0.25, -0.2) is 0 Å². The molecule has 0 aromatic carbocycles. The number of hydrogen-bond donors (Lipinski definition) is 1. The lowest BCUT2D eigenvalue weighted by Crippen LogP contribution is -2.24. The third-order valence-corrected chi connectivity index (χ3v) is 2.39. The van der Waals surface area contributed by atoms with Crippen LogP contribution in [0.1, 0.15) is 18.4 Å². The number of nitrogens with zero attached hydrogens (tertiary/aromatic N) is 1. The van der Waals surface area contributed by atoms with Crippen LogP contribution >= 0.6 is 0 Å². The lowest BCUT2D eigenvalue weighted by molar-refractivity contribution is 0.528. The molecule has 0 saturated heterocycles. The maximum atomic E-state index is 4.00. The second-order valence-electron chi connectivity index (χ2n) is 3.40. The van der Waals surface area contributed by atoms with Crippen molar-refractivity contribution < 1.29 is 0 Å². The molecular weight excluding hydrogens is 172 g/mol. The Labute approximate surface area is 86.1 Å². The maximum Gasteiger partial charge on any atom is 0.0270 e. The Morgan fingerprint density at radius 1 is 1.50 bits per heavy atom. The van der Waals surface area contributed by atoms with Crippen LogP contribution in [-0.2, 0) is 6.42 Å². The van der Waals surface area contributed by atoms with Crippen molar-refractivity contribution in [2.24, 2.45) is 0 Å². The Balaban J connectivity index is 2.35. The second-order valence-corrected chi connectivity index (χ2v) is 3.40. The molecule has 1 aromatic rings. The van der Waals surface area contributed by atoms with Gasteiger partial charge in [0.1, 0.15) is 0 Å². The van der Waals surface area contributed by atoms with E-state index in [0.717, 1.165) is 19.3 Å². The number of hydrogen-bond acceptors (Lipinski definition) is 2. The van der Waals surface area contributed by atoms with Gasteiger partial charge < -0.3 is 5.32 Å². The zero-order valence-electron chi connectivity index (χ0n) is 8.74. The average Bonchev–Trinajstić information content (AvgIpc) is 2.25. The Morgan fingerprint density at radius 3 is 2.79 bits per heavy atom. The van der Waals surface area contributed by atoms with Crippen LogP contribution in [0.15, 0.2) is 37.2 Å². The van der Waals surface area contributed by atoms with Gasteiger partial charge in [0.2, 0.25) is 0 Å². The summed E-state index contributed by atoms with van der Waals surface area (Å²) in [5.41, 5.74) is 1.35. The minimum Gasteiger partial charge on any atom is -0.317 e. The molecule has 2 nitrogen and oxygen atoms in total. The summed E-state index contributed by atoms with van der Waals surface area (Å²) in [4.78, 5) is 4.00. The third kappa shape index (κ3) is 3.71. The lowest BCUT2D eigenvalue weighted by atomic mass is 10.0. The molecule has 1 aromatic heterocycles. The monoisotopic (exact) mass is 190 g/mol. The van der Waals surface area contributed by atoms with Gasteiger partial charge in [-0.2, -0.15) is 0 Å². The summed E-state index contributed by atoms with van der Waals surface area (Å²) in [6.07, 6.45) is 8.93. The molecule has 0 spiro atoms. The maximum absolute atomic E-state index is 4.00. The summed E-state index contributed by atoms with van der Waals surface area (Å²) >= 11 is 0. The fraction of sp³-hybridized carbons (Fsp3) is 0.417. The van der Waals surface area contributed by atoms with Crippen molar-refractivity contribution in [1.29, 1.82) is 0 Å². The molecule has 1 unspecified atom stereocenters. The van der Waals surface area contributed by atoms with E-state index in [1.54, 1.807) is 0 Å². The van der Waals surface area contributed by atoms with Crippen LogP contribution in [0.25, 0.3) is 0 Å². The van der Waals surface area contributed by atoms with E-state index in [0.29, 0.717) is 6.04 Å². The normalized spacial score (nSPS) is 12.4. The molecule has 14 heavy (non-hydrogen) atoms. The number of aryl methyl sites for hydroxylation is 1. The van der Waals surface area contributed by atoms with Crippen LogP contribution in [-0.4, -0.2) is 18.1 Å². The molecule has 1 rings (SSSR count). The fourth-order valence-corrected chi connectivity index (χ4v) is 1.47. The number of aromatic nitrogens is 1. The summed E-state index contributed by atoms with van der Waals surface area (Å²) in [5.74, 6) is 0. The van der Waals surface area contributed by atoms with Gasteiger partial charge in [0.15, 0.2) is 0 Å². The molecule has 0 bridgehead atoms. The predicted octanol–water partition coefficient (Wildman–Crippen LogP) is 2.18. The van der Waals surface area contributed by atoms with Gasteiger partial charge in [0.05, 0.1) is 0 Å². The summed E-state index contributed by atoms with van der Waals surface area (Å²) in [5, 5.41) is 3.29. The van der Waals surface area contributed by atoms with E-state index >= 15 is 0 Å². The molecule has 76 valence electrons. The molecule has 0 aliphatic rings. The Bertz CT molecular complexity index is 256. The number of pyridine rings is 1. The van der Waals surface area contributed by atoms with Crippen molar-refractivity contribution in [3.05, 3.63) is 42.7 Å². The molecule has 1 heterocycles. The highest BCUT2D eigenvalue weighted by molar-refractivity contribution is 5.09. The van der Waals surface area contributed by atoms with Gasteiger partial charge in [-0.05, 0) is 44.0 Å². The first kappa shape index (κ1) is 10.9. The van der Waals surface area contributed by atoms with Gasteiger partial charge in [-0.3, -0.25) is 4.98 Å².